The highest BCUT2D eigenvalue weighted by atomic mass is 28.3. The van der Waals surface area contributed by atoms with E-state index < -0.39 is 8.07 Å². The summed E-state index contributed by atoms with van der Waals surface area (Å²) in [5.41, 5.74) is 4.70. The van der Waals surface area contributed by atoms with Crippen LogP contribution in [0.15, 0.2) is 109 Å². The van der Waals surface area contributed by atoms with Crippen LogP contribution in [0, 0.1) is 0 Å². The Hall–Kier alpha value is -4.64. The second-order valence-corrected chi connectivity index (χ2v) is 14.7. The molecule has 0 unspecified atom stereocenters. The van der Waals surface area contributed by atoms with Crippen molar-refractivity contribution in [3.8, 4) is 5.69 Å². The van der Waals surface area contributed by atoms with Crippen molar-refractivity contribution in [3.63, 3.8) is 0 Å². The molecule has 0 atom stereocenters. The van der Waals surface area contributed by atoms with E-state index in [-0.39, 0.29) is 0 Å². The van der Waals surface area contributed by atoms with Crippen LogP contribution in [0.1, 0.15) is 0 Å². The van der Waals surface area contributed by atoms with Gasteiger partial charge in [-0.2, -0.15) is 4.98 Å². The number of hydrogen-bond acceptors (Lipinski definition) is 2. The van der Waals surface area contributed by atoms with Crippen molar-refractivity contribution in [1.29, 1.82) is 0 Å². The Bertz CT molecular complexity index is 1950. The van der Waals surface area contributed by atoms with Gasteiger partial charge in [0.2, 0.25) is 0 Å². The Morgan fingerprint density at radius 3 is 2.24 bits per heavy atom. The minimum atomic E-state index is -2.03. The predicted molar refractivity (Wildman–Crippen MR) is 158 cm³/mol. The fourth-order valence-corrected chi connectivity index (χ4v) is 7.92. The van der Waals surface area contributed by atoms with Gasteiger partial charge in [-0.25, -0.2) is 0 Å². The van der Waals surface area contributed by atoms with E-state index >= 15 is 0 Å². The summed E-state index contributed by atoms with van der Waals surface area (Å²) in [6.45, 7) is 4.86. The smallest absolute Gasteiger partial charge is 0.309 e. The number of aromatic nitrogens is 3. The molecule has 1 aliphatic heterocycles. The van der Waals surface area contributed by atoms with Gasteiger partial charge >= 0.3 is 17.6 Å². The Balaban J connectivity index is 1.36. The van der Waals surface area contributed by atoms with Gasteiger partial charge in [0.15, 0.2) is 11.9 Å². The van der Waals surface area contributed by atoms with Crippen molar-refractivity contribution in [3.05, 3.63) is 109 Å². The fraction of sp³-hybridized carbons (Fsp3) is 0.0938. The molecular formula is C32H27N5Si+2. The first kappa shape index (κ1) is 22.5. The largest absolute Gasteiger partial charge is 0.474 e. The van der Waals surface area contributed by atoms with E-state index in [9.17, 15) is 0 Å². The molecule has 0 saturated heterocycles. The van der Waals surface area contributed by atoms with Gasteiger partial charge in [-0.3, -0.25) is 0 Å². The average molecular weight is 510 g/mol. The molecule has 1 aliphatic rings. The van der Waals surface area contributed by atoms with Crippen molar-refractivity contribution < 1.29 is 4.58 Å². The second-order valence-electron chi connectivity index (χ2n) is 10.3. The summed E-state index contributed by atoms with van der Waals surface area (Å²) in [4.78, 5) is 9.05. The first-order valence-electron chi connectivity index (χ1n) is 12.8. The summed E-state index contributed by atoms with van der Waals surface area (Å²) in [5, 5.41) is 5.35. The van der Waals surface area contributed by atoms with Crippen LogP contribution in [-0.4, -0.2) is 40.2 Å². The molecule has 6 aromatic rings. The molecule has 6 heteroatoms. The normalized spacial score (nSPS) is 13.0. The molecule has 5 nitrogen and oxygen atoms in total. The SMILES string of the molecule is C[N+]1=C=[N+](c2cccc([Si](C)(C)c3ccc4c(c3)c3ccccc3n4-c3ccccc3)c2)c2nccnc21. The second kappa shape index (κ2) is 8.45. The summed E-state index contributed by atoms with van der Waals surface area (Å²) >= 11 is 0. The van der Waals surface area contributed by atoms with E-state index in [1.807, 2.05) is 16.2 Å². The number of hydrogen-bond donors (Lipinski definition) is 0. The van der Waals surface area contributed by atoms with Gasteiger partial charge in [-0.05, 0) is 41.6 Å². The minimum Gasteiger partial charge on any atom is -0.309 e. The van der Waals surface area contributed by atoms with Gasteiger partial charge in [0.05, 0.1) is 17.2 Å². The molecule has 0 saturated carbocycles. The molecule has 0 fully saturated rings. The van der Waals surface area contributed by atoms with E-state index in [4.69, 9.17) is 0 Å². The lowest BCUT2D eigenvalue weighted by molar-refractivity contribution is -0.398. The van der Waals surface area contributed by atoms with Crippen LogP contribution in [0.5, 0.6) is 0 Å². The lowest BCUT2D eigenvalue weighted by atomic mass is 10.1. The zero-order chi connectivity index (χ0) is 25.9. The zero-order valence-electron chi connectivity index (χ0n) is 21.6. The molecule has 7 rings (SSSR count). The summed E-state index contributed by atoms with van der Waals surface area (Å²) in [5.74, 6) is 1.62. The molecule has 0 amide bonds. The fourth-order valence-electron chi connectivity index (χ4n) is 5.56. The third kappa shape index (κ3) is 3.39. The van der Waals surface area contributed by atoms with Crippen molar-refractivity contribution in [2.75, 3.05) is 7.05 Å². The van der Waals surface area contributed by atoms with Gasteiger partial charge in [0.1, 0.15) is 15.1 Å². The maximum atomic E-state index is 4.58. The van der Waals surface area contributed by atoms with Gasteiger partial charge in [0, 0.05) is 21.4 Å². The van der Waals surface area contributed by atoms with Gasteiger partial charge in [-0.1, -0.05) is 83.5 Å². The highest BCUT2D eigenvalue weighted by Crippen LogP contribution is 2.32. The summed E-state index contributed by atoms with van der Waals surface area (Å²) in [6.07, 6.45) is 3.45. The number of fused-ring (bicyclic) bond motifs is 4. The summed E-state index contributed by atoms with van der Waals surface area (Å²) in [7, 11) is -0.0789. The minimum absolute atomic E-state index is 0.807. The molecule has 0 N–H and O–H groups in total. The van der Waals surface area contributed by atoms with Crippen LogP contribution in [0.25, 0.3) is 27.5 Å². The maximum Gasteiger partial charge on any atom is 0.474 e. The zero-order valence-corrected chi connectivity index (χ0v) is 22.6. The first-order valence-corrected chi connectivity index (χ1v) is 15.8. The van der Waals surface area contributed by atoms with Crippen LogP contribution in [0.3, 0.4) is 0 Å². The van der Waals surface area contributed by atoms with Crippen LogP contribution in [0.4, 0.5) is 17.3 Å². The molecular weight excluding hydrogens is 482 g/mol. The van der Waals surface area contributed by atoms with E-state index in [1.54, 1.807) is 12.4 Å². The quantitative estimate of drug-likeness (QED) is 0.226. The first-order chi connectivity index (χ1) is 18.5. The monoisotopic (exact) mass is 509 g/mol. The highest BCUT2D eigenvalue weighted by Gasteiger charge is 2.35. The van der Waals surface area contributed by atoms with Crippen LogP contribution in [-0.2, 0) is 0 Å². The number of para-hydroxylation sites is 2. The number of rotatable bonds is 4. The van der Waals surface area contributed by atoms with E-state index in [0.717, 1.165) is 17.3 Å². The standard InChI is InChI=1S/C32H27N5Si/c1-35-22-36(32-31(35)33-18-19-34-32)24-12-9-13-25(20-24)38(2,3)26-16-17-30-28(21-26)27-14-7-8-15-29(27)37(30)23-10-5-4-6-11-23/h4-21H,1-3H3/q+2. The van der Waals surface area contributed by atoms with Gasteiger partial charge < -0.3 is 4.57 Å². The Morgan fingerprint density at radius 1 is 0.684 bits per heavy atom. The molecule has 2 aromatic heterocycles. The Kier molecular flexibility index (Phi) is 5.01. The number of benzene rings is 4. The molecule has 4 aromatic carbocycles. The third-order valence-corrected chi connectivity index (χ3v) is 11.2. The molecule has 182 valence electrons. The predicted octanol–water partition coefficient (Wildman–Crippen LogP) is 5.69. The van der Waals surface area contributed by atoms with Crippen LogP contribution < -0.4 is 14.9 Å². The lowest BCUT2D eigenvalue weighted by Crippen LogP contribution is -2.52. The molecule has 0 radical (unpaired) electrons. The molecule has 0 aliphatic carbocycles. The van der Waals surface area contributed by atoms with Crippen molar-refractivity contribution in [1.82, 2.24) is 19.1 Å². The van der Waals surface area contributed by atoms with Gasteiger partial charge in [-0.15, -0.1) is 4.58 Å². The average Bonchev–Trinajstić information content (AvgIpc) is 3.48. The van der Waals surface area contributed by atoms with E-state index in [0.29, 0.717) is 0 Å². The van der Waals surface area contributed by atoms with Crippen LogP contribution in [0.2, 0.25) is 13.1 Å². The maximum absolute atomic E-state index is 4.58. The Morgan fingerprint density at radius 2 is 1.39 bits per heavy atom. The highest BCUT2D eigenvalue weighted by molar-refractivity contribution is 7.00. The van der Waals surface area contributed by atoms with E-state index in [1.165, 1.54) is 37.9 Å². The van der Waals surface area contributed by atoms with Crippen LogP contribution >= 0.6 is 0 Å². The van der Waals surface area contributed by atoms with Crippen molar-refractivity contribution >= 4 is 63.6 Å². The third-order valence-electron chi connectivity index (χ3n) is 7.67. The van der Waals surface area contributed by atoms with Crippen molar-refractivity contribution in [2.45, 2.75) is 13.1 Å². The summed E-state index contributed by atoms with van der Waals surface area (Å²) < 4.78 is 6.28. The lowest BCUT2D eigenvalue weighted by Gasteiger charge is -2.24. The Labute approximate surface area is 222 Å². The van der Waals surface area contributed by atoms with Crippen molar-refractivity contribution in [2.24, 2.45) is 0 Å². The number of nitrogens with zero attached hydrogens (tertiary/aromatic N) is 5. The molecule has 0 spiro atoms. The molecule has 38 heavy (non-hydrogen) atoms. The molecule has 3 heterocycles. The van der Waals surface area contributed by atoms with E-state index in [2.05, 4.69) is 131 Å². The van der Waals surface area contributed by atoms with Gasteiger partial charge in [0.25, 0.3) is 0 Å². The summed E-state index contributed by atoms with van der Waals surface area (Å²) in [6, 6.07) is 38.6. The molecule has 0 bridgehead atoms. The topological polar surface area (TPSA) is 36.7 Å².